The molecule has 4 atom stereocenters. The predicted octanol–water partition coefficient (Wildman–Crippen LogP) is 4.30. The fourth-order valence-electron chi connectivity index (χ4n) is 7.30. The second-order valence-corrected chi connectivity index (χ2v) is 12.8. The summed E-state index contributed by atoms with van der Waals surface area (Å²) in [7, 11) is 0. The van der Waals surface area contributed by atoms with Gasteiger partial charge < -0.3 is 24.4 Å². The van der Waals surface area contributed by atoms with Gasteiger partial charge in [0.1, 0.15) is 24.7 Å². The van der Waals surface area contributed by atoms with Crippen LogP contribution in [0.5, 0.6) is 0 Å². The van der Waals surface area contributed by atoms with Crippen LogP contribution >= 0.6 is 0 Å². The molecule has 0 saturated carbocycles. The number of Topliss-reactive ketones (excluding diaryl/α,β-unsaturated/α-hetero) is 1. The van der Waals surface area contributed by atoms with Crippen molar-refractivity contribution < 1.29 is 38.4 Å². The molecular weight excluding hydrogens is 566 g/mol. The number of nitrogens with zero attached hydrogens (tertiary/aromatic N) is 2. The van der Waals surface area contributed by atoms with Crippen LogP contribution in [0.25, 0.3) is 11.1 Å². The molecule has 5 rings (SSSR count). The van der Waals surface area contributed by atoms with Crippen LogP contribution in [0, 0.1) is 5.21 Å². The minimum absolute atomic E-state index is 0.00562. The molecule has 2 aromatic carbocycles. The number of esters is 1. The van der Waals surface area contributed by atoms with Gasteiger partial charge in [-0.2, -0.15) is 0 Å². The molecule has 44 heavy (non-hydrogen) atoms. The van der Waals surface area contributed by atoms with Crippen molar-refractivity contribution in [1.82, 2.24) is 10.4 Å². The van der Waals surface area contributed by atoms with E-state index in [1.807, 2.05) is 48.5 Å². The van der Waals surface area contributed by atoms with E-state index < -0.39 is 64.5 Å². The minimum atomic E-state index is -1.91. The van der Waals surface area contributed by atoms with Gasteiger partial charge in [0.15, 0.2) is 5.54 Å². The second kappa shape index (κ2) is 11.8. The predicted molar refractivity (Wildman–Crippen MR) is 161 cm³/mol. The summed E-state index contributed by atoms with van der Waals surface area (Å²) in [4.78, 5) is 52.0. The first-order valence-electron chi connectivity index (χ1n) is 14.9. The Labute approximate surface area is 256 Å². The molecule has 11 nitrogen and oxygen atoms in total. The topological polar surface area (TPSA) is 145 Å². The number of quaternary nitrogens is 1. The van der Waals surface area contributed by atoms with Crippen molar-refractivity contribution in [3.63, 3.8) is 0 Å². The molecule has 234 valence electrons. The number of nitrogens with one attached hydrogen (secondary N) is 1. The standard InChI is InChI=1S/C33H39N3O8/c1-5-10-27-33(19-30(40)44-32(2,3)4)28(37)17-21(18-29(38)39)36(33,42)16-15-35(27)34-31(41)43-20-26-24-13-8-6-11-22(24)23-12-7-9-14-25(23)26/h5-9,11-14,21,26-27H,1,10,15-20H2,2-4H3,(H,34,41)(H,38,39)/t21-,27?,33-,36?/m0/s1. The van der Waals surface area contributed by atoms with E-state index >= 15 is 0 Å². The van der Waals surface area contributed by atoms with E-state index in [9.17, 15) is 29.5 Å². The van der Waals surface area contributed by atoms with E-state index in [0.717, 1.165) is 22.3 Å². The number of piperazine rings is 1. The van der Waals surface area contributed by atoms with E-state index in [4.69, 9.17) is 9.47 Å². The van der Waals surface area contributed by atoms with Crippen LogP contribution < -0.4 is 5.43 Å². The number of ether oxygens (including phenoxy) is 2. The van der Waals surface area contributed by atoms with Crippen molar-refractivity contribution in [2.75, 3.05) is 19.7 Å². The first kappa shape index (κ1) is 31.4. The lowest BCUT2D eigenvalue weighted by Gasteiger charge is -2.61. The van der Waals surface area contributed by atoms with E-state index in [0.29, 0.717) is 0 Å². The first-order chi connectivity index (χ1) is 20.8. The Morgan fingerprint density at radius 1 is 1.14 bits per heavy atom. The number of carbonyl (C=O) groups is 4. The molecule has 0 bridgehead atoms. The Kier molecular flexibility index (Phi) is 8.41. The van der Waals surface area contributed by atoms with Gasteiger partial charge in [-0.25, -0.2) is 9.80 Å². The Bertz CT molecular complexity index is 1440. The number of carboxylic acids is 1. The number of rotatable bonds is 9. The molecule has 2 N–H and O–H groups in total. The number of benzene rings is 2. The van der Waals surface area contributed by atoms with Crippen molar-refractivity contribution in [2.45, 2.75) is 75.6 Å². The summed E-state index contributed by atoms with van der Waals surface area (Å²) in [5, 5.41) is 25.7. The largest absolute Gasteiger partial charge is 0.632 e. The van der Waals surface area contributed by atoms with Gasteiger partial charge in [-0.15, -0.1) is 6.58 Å². The van der Waals surface area contributed by atoms with Gasteiger partial charge in [-0.3, -0.25) is 19.8 Å². The van der Waals surface area contributed by atoms with E-state index in [1.54, 1.807) is 20.8 Å². The number of hydrogen-bond donors (Lipinski definition) is 2. The van der Waals surface area contributed by atoms with Gasteiger partial charge in [0.2, 0.25) is 5.78 Å². The number of carbonyl (C=O) groups excluding carboxylic acids is 3. The lowest BCUT2D eigenvalue weighted by Crippen LogP contribution is -2.78. The highest BCUT2D eigenvalue weighted by Gasteiger charge is 2.69. The second-order valence-electron chi connectivity index (χ2n) is 12.8. The third-order valence-corrected chi connectivity index (χ3v) is 8.98. The average Bonchev–Trinajstić information content (AvgIpc) is 3.37. The average molecular weight is 606 g/mol. The van der Waals surface area contributed by atoms with Crippen molar-refractivity contribution >= 4 is 23.8 Å². The molecule has 1 aliphatic carbocycles. The lowest BCUT2D eigenvalue weighted by molar-refractivity contribution is -0.943. The Morgan fingerprint density at radius 2 is 1.75 bits per heavy atom. The monoisotopic (exact) mass is 605 g/mol. The van der Waals surface area contributed by atoms with E-state index in [2.05, 4.69) is 12.0 Å². The maximum atomic E-state index is 14.7. The van der Waals surface area contributed by atoms with Gasteiger partial charge in [0, 0.05) is 5.92 Å². The number of carboxylic acid groups (broad SMARTS) is 1. The zero-order valence-corrected chi connectivity index (χ0v) is 25.3. The zero-order valence-electron chi connectivity index (χ0n) is 25.3. The van der Waals surface area contributed by atoms with Crippen LogP contribution in [-0.2, 0) is 23.9 Å². The Morgan fingerprint density at radius 3 is 2.32 bits per heavy atom. The molecule has 0 radical (unpaired) electrons. The van der Waals surface area contributed by atoms with E-state index in [1.165, 1.54) is 11.1 Å². The molecule has 0 spiro atoms. The summed E-state index contributed by atoms with van der Waals surface area (Å²) in [5.74, 6) is -2.66. The number of amides is 1. The Balaban J connectivity index is 1.40. The summed E-state index contributed by atoms with van der Waals surface area (Å²) < 4.78 is 10.1. The quantitative estimate of drug-likeness (QED) is 0.185. The zero-order chi connectivity index (χ0) is 31.9. The third-order valence-electron chi connectivity index (χ3n) is 8.98. The maximum absolute atomic E-state index is 14.7. The summed E-state index contributed by atoms with van der Waals surface area (Å²) in [6, 6.07) is 13.8. The van der Waals surface area contributed by atoms with Crippen molar-refractivity contribution in [3.05, 3.63) is 77.5 Å². The molecule has 2 aliphatic heterocycles. The van der Waals surface area contributed by atoms with Gasteiger partial charge in [-0.1, -0.05) is 54.6 Å². The van der Waals surface area contributed by atoms with Gasteiger partial charge in [0.25, 0.3) is 0 Å². The van der Waals surface area contributed by atoms with Crippen molar-refractivity contribution in [2.24, 2.45) is 0 Å². The van der Waals surface area contributed by atoms with Crippen molar-refractivity contribution in [1.29, 1.82) is 0 Å². The van der Waals surface area contributed by atoms with E-state index in [-0.39, 0.29) is 38.5 Å². The maximum Gasteiger partial charge on any atom is 0.421 e. The highest BCUT2D eigenvalue weighted by molar-refractivity contribution is 5.95. The lowest BCUT2D eigenvalue weighted by atomic mass is 9.78. The molecule has 2 saturated heterocycles. The summed E-state index contributed by atoms with van der Waals surface area (Å²) in [5.41, 5.74) is 4.22. The van der Waals surface area contributed by atoms with Crippen LogP contribution in [0.3, 0.4) is 0 Å². The molecule has 2 aromatic rings. The van der Waals surface area contributed by atoms with Crippen LogP contribution in [0.2, 0.25) is 0 Å². The molecule has 2 unspecified atom stereocenters. The third kappa shape index (κ3) is 5.51. The first-order valence-corrected chi connectivity index (χ1v) is 14.9. The number of hydroxylamine groups is 3. The minimum Gasteiger partial charge on any atom is -0.632 e. The SMILES string of the molecule is C=CCC1N(NC(=O)OCC2c3ccccc3-c3ccccc32)CC[N+]2([O-])[C@H](CC(=O)O)CC(=O)[C@]12CC(=O)OC(C)(C)C. The van der Waals surface area contributed by atoms with Crippen LogP contribution in [0.1, 0.15) is 63.5 Å². The Hall–Kier alpha value is -4.06. The number of aliphatic carboxylic acids is 1. The van der Waals surface area contributed by atoms with Crippen LogP contribution in [-0.4, -0.2) is 81.5 Å². The molecule has 11 heteroatoms. The van der Waals surface area contributed by atoms with Crippen LogP contribution in [0.4, 0.5) is 4.79 Å². The molecule has 3 aliphatic rings. The highest BCUT2D eigenvalue weighted by Crippen LogP contribution is 2.49. The fourth-order valence-corrected chi connectivity index (χ4v) is 7.30. The highest BCUT2D eigenvalue weighted by atomic mass is 16.6. The summed E-state index contributed by atoms with van der Waals surface area (Å²) in [6.07, 6.45) is -0.574. The van der Waals surface area contributed by atoms with Crippen LogP contribution in [0.15, 0.2) is 61.2 Å². The van der Waals surface area contributed by atoms with Gasteiger partial charge in [-0.05, 0) is 49.4 Å². The molecule has 2 fully saturated rings. The number of hydrazine groups is 1. The summed E-state index contributed by atoms with van der Waals surface area (Å²) >= 11 is 0. The number of fused-ring (bicyclic) bond motifs is 4. The summed E-state index contributed by atoms with van der Waals surface area (Å²) in [6.45, 7) is 8.68. The fraction of sp³-hybridized carbons (Fsp3) is 0.455. The van der Waals surface area contributed by atoms with Crippen molar-refractivity contribution in [3.8, 4) is 11.1 Å². The number of hydrogen-bond acceptors (Lipinski definition) is 8. The smallest absolute Gasteiger partial charge is 0.421 e. The van der Waals surface area contributed by atoms with Gasteiger partial charge >= 0.3 is 18.0 Å². The molecule has 0 aromatic heterocycles. The molecule has 2 heterocycles. The molecular formula is C33H39N3O8. The van der Waals surface area contributed by atoms with Gasteiger partial charge in [0.05, 0.1) is 32.0 Å². The number of ketones is 1. The molecule has 1 amide bonds. The normalized spacial score (nSPS) is 26.3.